The SMILES string of the molecule is CN(CCCS(=O)(=O)N1[C@@H]2CC[C@H]1C[C@@H](NC(=O)c1cc(C3CC3)on1)C2)CCN1CCOCC1. The lowest BCUT2D eigenvalue weighted by Gasteiger charge is -2.38. The molecule has 4 aliphatic rings. The largest absolute Gasteiger partial charge is 0.379 e. The number of hydrogen-bond acceptors (Lipinski definition) is 8. The zero-order valence-corrected chi connectivity index (χ0v) is 21.5. The van der Waals surface area contributed by atoms with E-state index in [0.29, 0.717) is 30.9 Å². The average molecular weight is 510 g/mol. The molecule has 4 fully saturated rings. The number of hydrogen-bond donors (Lipinski definition) is 1. The quantitative estimate of drug-likeness (QED) is 0.475. The maximum Gasteiger partial charge on any atom is 0.273 e. The highest BCUT2D eigenvalue weighted by atomic mass is 32.2. The second-order valence-corrected chi connectivity index (χ2v) is 12.7. The molecule has 35 heavy (non-hydrogen) atoms. The van der Waals surface area contributed by atoms with E-state index in [0.717, 1.165) is 77.4 Å². The second kappa shape index (κ2) is 10.8. The lowest BCUT2D eigenvalue weighted by Crippen LogP contribution is -2.53. The highest BCUT2D eigenvalue weighted by molar-refractivity contribution is 7.89. The van der Waals surface area contributed by atoms with E-state index >= 15 is 0 Å². The Labute approximate surface area is 208 Å². The van der Waals surface area contributed by atoms with E-state index in [1.165, 1.54) is 0 Å². The minimum absolute atomic E-state index is 0.0255. The van der Waals surface area contributed by atoms with Gasteiger partial charge in [0.2, 0.25) is 10.0 Å². The van der Waals surface area contributed by atoms with Gasteiger partial charge in [-0.1, -0.05) is 5.16 Å². The Kier molecular flexibility index (Phi) is 7.78. The molecule has 0 radical (unpaired) electrons. The van der Waals surface area contributed by atoms with Crippen molar-refractivity contribution < 1.29 is 22.5 Å². The van der Waals surface area contributed by atoms with Gasteiger partial charge in [0.1, 0.15) is 5.76 Å². The van der Waals surface area contributed by atoms with Crippen LogP contribution < -0.4 is 5.32 Å². The third-order valence-electron chi connectivity index (χ3n) is 7.91. The smallest absolute Gasteiger partial charge is 0.273 e. The molecule has 3 aliphatic heterocycles. The fraction of sp³-hybridized carbons (Fsp3) is 0.833. The Morgan fingerprint density at radius 2 is 1.86 bits per heavy atom. The molecule has 3 atom stereocenters. The van der Waals surface area contributed by atoms with Crippen LogP contribution in [0.3, 0.4) is 0 Å². The van der Waals surface area contributed by atoms with Crippen molar-refractivity contribution in [3.05, 3.63) is 17.5 Å². The van der Waals surface area contributed by atoms with Gasteiger partial charge in [-0.25, -0.2) is 8.42 Å². The highest BCUT2D eigenvalue weighted by Gasteiger charge is 2.46. The van der Waals surface area contributed by atoms with E-state index < -0.39 is 10.0 Å². The molecule has 2 bridgehead atoms. The second-order valence-electron chi connectivity index (χ2n) is 10.7. The molecule has 3 saturated heterocycles. The lowest BCUT2D eigenvalue weighted by atomic mass is 9.99. The lowest BCUT2D eigenvalue weighted by molar-refractivity contribution is 0.0345. The van der Waals surface area contributed by atoms with Crippen LogP contribution in [-0.2, 0) is 14.8 Å². The van der Waals surface area contributed by atoms with Gasteiger partial charge in [-0.05, 0) is 58.5 Å². The van der Waals surface area contributed by atoms with Crippen molar-refractivity contribution in [2.45, 2.75) is 69.0 Å². The van der Waals surface area contributed by atoms with Crippen LogP contribution in [0.2, 0.25) is 0 Å². The van der Waals surface area contributed by atoms with Crippen molar-refractivity contribution in [2.75, 3.05) is 58.7 Å². The molecule has 4 heterocycles. The van der Waals surface area contributed by atoms with Crippen molar-refractivity contribution in [1.82, 2.24) is 24.6 Å². The summed E-state index contributed by atoms with van der Waals surface area (Å²) in [6.45, 7) is 6.24. The molecule has 5 rings (SSSR count). The van der Waals surface area contributed by atoms with Crippen LogP contribution in [0.1, 0.15) is 67.1 Å². The summed E-state index contributed by atoms with van der Waals surface area (Å²) in [5.41, 5.74) is 0.326. The normalized spacial score (nSPS) is 28.0. The Morgan fingerprint density at radius 3 is 2.54 bits per heavy atom. The number of amides is 1. The van der Waals surface area contributed by atoms with Gasteiger partial charge in [0, 0.05) is 56.3 Å². The molecular formula is C24H39N5O5S. The molecule has 0 aromatic carbocycles. The fourth-order valence-electron chi connectivity index (χ4n) is 5.79. The topological polar surface area (TPSA) is 108 Å². The van der Waals surface area contributed by atoms with Gasteiger partial charge in [0.05, 0.1) is 19.0 Å². The molecule has 1 aromatic heterocycles. The van der Waals surface area contributed by atoms with E-state index in [9.17, 15) is 13.2 Å². The summed E-state index contributed by atoms with van der Waals surface area (Å²) in [6.07, 6.45) is 5.88. The summed E-state index contributed by atoms with van der Waals surface area (Å²) in [4.78, 5) is 17.3. The van der Waals surface area contributed by atoms with Gasteiger partial charge in [-0.3, -0.25) is 9.69 Å². The standard InChI is InChI=1S/C24H39N5O5S/c1-27(8-9-28-10-12-33-13-11-28)7-2-14-35(31,32)29-20-5-6-21(29)16-19(15-20)25-24(30)22-17-23(34-26-22)18-3-4-18/h17-21H,2-16H2,1H3,(H,25,30)/t19-,20+,21-. The van der Waals surface area contributed by atoms with Gasteiger partial charge >= 0.3 is 0 Å². The predicted octanol–water partition coefficient (Wildman–Crippen LogP) is 1.26. The number of morpholine rings is 1. The maximum atomic E-state index is 13.2. The van der Waals surface area contributed by atoms with Crippen LogP contribution in [0, 0.1) is 0 Å². The van der Waals surface area contributed by atoms with Gasteiger partial charge in [0.15, 0.2) is 5.69 Å². The van der Waals surface area contributed by atoms with Crippen LogP contribution in [-0.4, -0.2) is 110 Å². The third-order valence-corrected chi connectivity index (χ3v) is 9.95. The summed E-state index contributed by atoms with van der Waals surface area (Å²) in [6, 6.07) is 1.67. The first-order chi connectivity index (χ1) is 16.9. The van der Waals surface area contributed by atoms with Crippen molar-refractivity contribution in [2.24, 2.45) is 0 Å². The zero-order valence-electron chi connectivity index (χ0n) is 20.7. The van der Waals surface area contributed by atoms with Crippen LogP contribution >= 0.6 is 0 Å². The maximum absolute atomic E-state index is 13.2. The van der Waals surface area contributed by atoms with Gasteiger partial charge in [-0.15, -0.1) is 0 Å². The molecule has 11 heteroatoms. The number of carbonyl (C=O) groups excluding carboxylic acids is 1. The number of nitrogens with zero attached hydrogens (tertiary/aromatic N) is 4. The third kappa shape index (κ3) is 6.25. The van der Waals surface area contributed by atoms with Crippen molar-refractivity contribution in [3.8, 4) is 0 Å². The van der Waals surface area contributed by atoms with Gasteiger partial charge in [0.25, 0.3) is 5.91 Å². The molecule has 1 amide bonds. The summed E-state index contributed by atoms with van der Waals surface area (Å²) < 4.78 is 38.9. The van der Waals surface area contributed by atoms with Crippen molar-refractivity contribution >= 4 is 15.9 Å². The highest BCUT2D eigenvalue weighted by Crippen LogP contribution is 2.40. The minimum atomic E-state index is -3.31. The Hall–Kier alpha value is -1.53. The van der Waals surface area contributed by atoms with Crippen LogP contribution in [0.4, 0.5) is 0 Å². The number of rotatable bonds is 11. The number of aromatic nitrogens is 1. The van der Waals surface area contributed by atoms with E-state index in [2.05, 4.69) is 27.3 Å². The fourth-order valence-corrected chi connectivity index (χ4v) is 7.79. The van der Waals surface area contributed by atoms with Gasteiger partial charge in [-0.2, -0.15) is 4.31 Å². The van der Waals surface area contributed by atoms with Crippen molar-refractivity contribution in [3.63, 3.8) is 0 Å². The predicted molar refractivity (Wildman–Crippen MR) is 131 cm³/mol. The summed E-state index contributed by atoms with van der Waals surface area (Å²) >= 11 is 0. The molecule has 1 aromatic rings. The molecule has 0 spiro atoms. The minimum Gasteiger partial charge on any atom is -0.379 e. The number of fused-ring (bicyclic) bond motifs is 2. The van der Waals surface area contributed by atoms with Crippen LogP contribution in [0.15, 0.2) is 10.6 Å². The van der Waals surface area contributed by atoms with Crippen molar-refractivity contribution in [1.29, 1.82) is 0 Å². The molecule has 1 aliphatic carbocycles. The number of sulfonamides is 1. The first kappa shape index (κ1) is 25.1. The Balaban J connectivity index is 1.06. The molecule has 0 unspecified atom stereocenters. The number of piperidine rings is 1. The molecular weight excluding hydrogens is 470 g/mol. The monoisotopic (exact) mass is 509 g/mol. The summed E-state index contributed by atoms with van der Waals surface area (Å²) in [7, 11) is -1.25. The first-order valence-electron chi connectivity index (χ1n) is 13.2. The number of likely N-dealkylation sites (N-methyl/N-ethyl adjacent to an activating group) is 1. The van der Waals surface area contributed by atoms with E-state index in [-0.39, 0.29) is 29.8 Å². The average Bonchev–Trinajstić information content (AvgIpc) is 3.49. The zero-order chi connectivity index (χ0) is 24.4. The Bertz CT molecular complexity index is 961. The molecule has 1 N–H and O–H groups in total. The molecule has 10 nitrogen and oxygen atoms in total. The molecule has 1 saturated carbocycles. The number of nitrogens with one attached hydrogen (secondary N) is 1. The summed E-state index contributed by atoms with van der Waals surface area (Å²) in [5, 5.41) is 7.01. The molecule has 196 valence electrons. The summed E-state index contributed by atoms with van der Waals surface area (Å²) in [5.74, 6) is 1.17. The van der Waals surface area contributed by atoms with E-state index in [1.54, 1.807) is 10.4 Å². The number of ether oxygens (including phenoxy) is 1. The van der Waals surface area contributed by atoms with E-state index in [1.807, 2.05) is 0 Å². The number of carbonyl (C=O) groups is 1. The van der Waals surface area contributed by atoms with Gasteiger partial charge < -0.3 is 19.5 Å². The Morgan fingerprint density at radius 1 is 1.14 bits per heavy atom. The van der Waals surface area contributed by atoms with E-state index in [4.69, 9.17) is 9.26 Å². The van der Waals surface area contributed by atoms with Crippen LogP contribution in [0.5, 0.6) is 0 Å². The van der Waals surface area contributed by atoms with Crippen LogP contribution in [0.25, 0.3) is 0 Å². The first-order valence-corrected chi connectivity index (χ1v) is 14.8.